The van der Waals surface area contributed by atoms with Gasteiger partial charge in [-0.1, -0.05) is 24.3 Å². The van der Waals surface area contributed by atoms with Gasteiger partial charge in [0.05, 0.1) is 20.8 Å². The summed E-state index contributed by atoms with van der Waals surface area (Å²) in [5.74, 6) is 2.00. The Morgan fingerprint density at radius 2 is 1.52 bits per heavy atom. The summed E-state index contributed by atoms with van der Waals surface area (Å²) in [4.78, 5) is 4.17. The molecule has 2 rings (SSSR count). The lowest BCUT2D eigenvalue weighted by molar-refractivity contribution is -0.0520. The second-order valence-electron chi connectivity index (χ2n) is 5.99. The zero-order chi connectivity index (χ0) is 21.9. The summed E-state index contributed by atoms with van der Waals surface area (Å²) in [6.07, 6.45) is 0. The third kappa shape index (κ3) is 7.60. The minimum Gasteiger partial charge on any atom is -0.493 e. The summed E-state index contributed by atoms with van der Waals surface area (Å²) in [7, 11) is 4.76. The minimum absolute atomic E-state index is 0. The number of halogens is 3. The molecule has 0 unspecified atom stereocenters. The molecule has 0 heterocycles. The lowest BCUT2D eigenvalue weighted by Gasteiger charge is -2.18. The van der Waals surface area contributed by atoms with Crippen molar-refractivity contribution >= 4 is 29.9 Å². The van der Waals surface area contributed by atoms with E-state index in [0.717, 1.165) is 5.56 Å². The Morgan fingerprint density at radius 3 is 2.00 bits per heavy atom. The standard InChI is InChI=1S/C21H27F2N3O4.HI/c1-5-29-17-11-7-9-15(19(17)30-20(22)23)13-26-21(24-2)25-12-14-8-6-10-16(27-3)18(14)28-4;/h6-11,20H,5,12-13H2,1-4H3,(H2,24,25,26);1H. The second-order valence-corrected chi connectivity index (χ2v) is 5.99. The fourth-order valence-electron chi connectivity index (χ4n) is 2.86. The molecule has 0 aliphatic carbocycles. The Morgan fingerprint density at radius 1 is 0.935 bits per heavy atom. The number of nitrogens with zero attached hydrogens (tertiary/aromatic N) is 1. The van der Waals surface area contributed by atoms with E-state index in [1.807, 2.05) is 18.2 Å². The number of aliphatic imine (C=N–C) groups is 1. The van der Waals surface area contributed by atoms with Gasteiger partial charge >= 0.3 is 6.61 Å². The van der Waals surface area contributed by atoms with Crippen molar-refractivity contribution in [3.05, 3.63) is 47.5 Å². The summed E-state index contributed by atoms with van der Waals surface area (Å²) in [6, 6.07) is 10.6. The highest BCUT2D eigenvalue weighted by atomic mass is 127. The topological polar surface area (TPSA) is 73.3 Å². The fourth-order valence-corrected chi connectivity index (χ4v) is 2.86. The van der Waals surface area contributed by atoms with Gasteiger partial charge in [0, 0.05) is 31.3 Å². The molecule has 0 atom stereocenters. The van der Waals surface area contributed by atoms with Crippen LogP contribution in [0.2, 0.25) is 0 Å². The van der Waals surface area contributed by atoms with Crippen LogP contribution in [0.5, 0.6) is 23.0 Å². The number of alkyl halides is 2. The lowest BCUT2D eigenvalue weighted by Crippen LogP contribution is -2.36. The highest BCUT2D eigenvalue weighted by Crippen LogP contribution is 2.33. The van der Waals surface area contributed by atoms with Gasteiger partial charge in [0.1, 0.15) is 0 Å². The van der Waals surface area contributed by atoms with Crippen LogP contribution in [0.15, 0.2) is 41.4 Å². The monoisotopic (exact) mass is 551 g/mol. The first-order valence-electron chi connectivity index (χ1n) is 9.37. The molecule has 0 saturated carbocycles. The van der Waals surface area contributed by atoms with Crippen LogP contribution >= 0.6 is 24.0 Å². The van der Waals surface area contributed by atoms with Crippen LogP contribution in [-0.4, -0.2) is 40.4 Å². The molecule has 10 heteroatoms. The van der Waals surface area contributed by atoms with Crippen molar-refractivity contribution in [1.29, 1.82) is 0 Å². The number of benzene rings is 2. The van der Waals surface area contributed by atoms with Crippen LogP contribution in [-0.2, 0) is 13.1 Å². The third-order valence-electron chi connectivity index (χ3n) is 4.17. The second kappa shape index (κ2) is 13.7. The molecule has 0 amide bonds. The summed E-state index contributed by atoms with van der Waals surface area (Å²) in [5, 5.41) is 6.26. The fraction of sp³-hybridized carbons (Fsp3) is 0.381. The number of ether oxygens (including phenoxy) is 4. The number of guanidine groups is 1. The van der Waals surface area contributed by atoms with E-state index in [4.69, 9.17) is 18.9 Å². The maximum absolute atomic E-state index is 12.9. The van der Waals surface area contributed by atoms with E-state index < -0.39 is 6.61 Å². The van der Waals surface area contributed by atoms with Gasteiger partial charge in [-0.15, -0.1) is 24.0 Å². The molecule has 2 aromatic rings. The first-order valence-corrected chi connectivity index (χ1v) is 9.37. The van der Waals surface area contributed by atoms with Crippen LogP contribution in [0.1, 0.15) is 18.1 Å². The van der Waals surface area contributed by atoms with Gasteiger partial charge in [-0.25, -0.2) is 0 Å². The molecule has 0 aliphatic heterocycles. The van der Waals surface area contributed by atoms with Crippen molar-refractivity contribution in [1.82, 2.24) is 10.6 Å². The van der Waals surface area contributed by atoms with Gasteiger partial charge in [-0.05, 0) is 19.1 Å². The lowest BCUT2D eigenvalue weighted by atomic mass is 10.1. The van der Waals surface area contributed by atoms with E-state index in [0.29, 0.717) is 36.2 Å². The van der Waals surface area contributed by atoms with Crippen molar-refractivity contribution in [3.63, 3.8) is 0 Å². The number of hydrogen-bond acceptors (Lipinski definition) is 5. The Hall–Kier alpha value is -2.50. The summed E-state index contributed by atoms with van der Waals surface area (Å²) in [5.41, 5.74) is 1.39. The molecule has 0 aliphatic rings. The van der Waals surface area contributed by atoms with Gasteiger partial charge in [0.2, 0.25) is 0 Å². The van der Waals surface area contributed by atoms with Crippen molar-refractivity contribution in [2.24, 2.45) is 4.99 Å². The quantitative estimate of drug-likeness (QED) is 0.262. The molecule has 0 bridgehead atoms. The van der Waals surface area contributed by atoms with Crippen LogP contribution in [0.4, 0.5) is 8.78 Å². The SMILES string of the molecule is CCOc1cccc(CNC(=NC)NCc2cccc(OC)c2OC)c1OC(F)F.I. The molecule has 7 nitrogen and oxygen atoms in total. The average Bonchev–Trinajstić information content (AvgIpc) is 2.75. The van der Waals surface area contributed by atoms with Crippen LogP contribution in [0, 0.1) is 0 Å². The van der Waals surface area contributed by atoms with Crippen molar-refractivity contribution in [2.75, 3.05) is 27.9 Å². The van der Waals surface area contributed by atoms with Gasteiger partial charge in [0.25, 0.3) is 0 Å². The Bertz CT molecular complexity index is 853. The molecule has 0 spiro atoms. The minimum atomic E-state index is -2.96. The Balaban J connectivity index is 0.00000480. The smallest absolute Gasteiger partial charge is 0.387 e. The van der Waals surface area contributed by atoms with E-state index in [1.165, 1.54) is 0 Å². The number of hydrogen-bond donors (Lipinski definition) is 2. The Labute approximate surface area is 198 Å². The molecule has 2 aromatic carbocycles. The zero-order valence-electron chi connectivity index (χ0n) is 17.9. The number of nitrogens with one attached hydrogen (secondary N) is 2. The predicted molar refractivity (Wildman–Crippen MR) is 126 cm³/mol. The molecule has 0 aromatic heterocycles. The van der Waals surface area contributed by atoms with Crippen molar-refractivity contribution in [2.45, 2.75) is 26.6 Å². The largest absolute Gasteiger partial charge is 0.493 e. The predicted octanol–water partition coefficient (Wildman–Crippen LogP) is 4.19. The maximum atomic E-state index is 12.9. The maximum Gasteiger partial charge on any atom is 0.387 e. The number of rotatable bonds is 10. The molecule has 172 valence electrons. The van der Waals surface area contributed by atoms with Gasteiger partial charge in [-0.2, -0.15) is 8.78 Å². The molecule has 2 N–H and O–H groups in total. The Kier molecular flexibility index (Phi) is 11.8. The van der Waals surface area contributed by atoms with Crippen molar-refractivity contribution < 1.29 is 27.7 Å². The van der Waals surface area contributed by atoms with Crippen LogP contribution in [0.3, 0.4) is 0 Å². The number of para-hydroxylation sites is 2. The summed E-state index contributed by atoms with van der Waals surface area (Å²) in [6.45, 7) is -0.224. The molecule has 0 fully saturated rings. The molecular formula is C21H28F2IN3O4. The normalized spacial score (nSPS) is 10.9. The van der Waals surface area contributed by atoms with E-state index in [9.17, 15) is 8.78 Å². The van der Waals surface area contributed by atoms with E-state index in [-0.39, 0.29) is 42.0 Å². The van der Waals surface area contributed by atoms with Gasteiger partial charge in [-0.3, -0.25) is 4.99 Å². The molecular weight excluding hydrogens is 523 g/mol. The number of methoxy groups -OCH3 is 2. The molecule has 0 saturated heterocycles. The first kappa shape index (κ1) is 26.5. The van der Waals surface area contributed by atoms with Crippen LogP contribution in [0.25, 0.3) is 0 Å². The zero-order valence-corrected chi connectivity index (χ0v) is 20.2. The van der Waals surface area contributed by atoms with E-state index in [1.54, 1.807) is 46.4 Å². The van der Waals surface area contributed by atoms with Gasteiger partial charge < -0.3 is 29.6 Å². The van der Waals surface area contributed by atoms with Gasteiger partial charge in [0.15, 0.2) is 29.0 Å². The highest BCUT2D eigenvalue weighted by molar-refractivity contribution is 14.0. The average molecular weight is 551 g/mol. The highest BCUT2D eigenvalue weighted by Gasteiger charge is 2.16. The van der Waals surface area contributed by atoms with E-state index >= 15 is 0 Å². The third-order valence-corrected chi connectivity index (χ3v) is 4.17. The first-order chi connectivity index (χ1) is 14.5. The molecule has 0 radical (unpaired) electrons. The molecule has 31 heavy (non-hydrogen) atoms. The van der Waals surface area contributed by atoms with Crippen molar-refractivity contribution in [3.8, 4) is 23.0 Å². The summed E-state index contributed by atoms with van der Waals surface area (Å²) >= 11 is 0. The van der Waals surface area contributed by atoms with E-state index in [2.05, 4.69) is 15.6 Å². The summed E-state index contributed by atoms with van der Waals surface area (Å²) < 4.78 is 46.6. The van der Waals surface area contributed by atoms with Crippen LogP contribution < -0.4 is 29.6 Å².